The van der Waals surface area contributed by atoms with Gasteiger partial charge in [0.25, 0.3) is 0 Å². The molecule has 4 heteroatoms. The van der Waals surface area contributed by atoms with Crippen LogP contribution in [0.4, 0.5) is 0 Å². The van der Waals surface area contributed by atoms with Gasteiger partial charge in [0.1, 0.15) is 18.1 Å². The first-order valence-electron chi connectivity index (χ1n) is 10.2. The van der Waals surface area contributed by atoms with Crippen molar-refractivity contribution in [3.63, 3.8) is 0 Å². The Hall–Kier alpha value is -3.24. The number of aliphatic hydroxyl groups is 1. The molecule has 0 aliphatic rings. The molecule has 0 aliphatic heterocycles. The Morgan fingerprint density at radius 1 is 0.867 bits per heavy atom. The van der Waals surface area contributed by atoms with Crippen molar-refractivity contribution in [1.82, 2.24) is 4.57 Å². The molecular weight excluding hydrogens is 374 g/mol. The lowest BCUT2D eigenvalue weighted by Gasteiger charge is -2.13. The Morgan fingerprint density at radius 3 is 2.23 bits per heavy atom. The summed E-state index contributed by atoms with van der Waals surface area (Å²) in [5.41, 5.74) is 7.29. The van der Waals surface area contributed by atoms with Crippen LogP contribution in [-0.4, -0.2) is 30.0 Å². The topological polar surface area (TPSA) is 43.6 Å². The number of hydrogen-bond acceptors (Lipinski definition) is 3. The fourth-order valence-electron chi connectivity index (χ4n) is 3.91. The molecule has 3 aromatic carbocycles. The maximum Gasteiger partial charge on any atom is 0.119 e. The molecule has 30 heavy (non-hydrogen) atoms. The highest BCUT2D eigenvalue weighted by Gasteiger charge is 2.17. The SMILES string of the molecule is COc1ccc2c(c1)c(C)c(-c1ccc(C)cc1)n2Cc1ccc(OCCO)cc1. The van der Waals surface area contributed by atoms with E-state index >= 15 is 0 Å². The summed E-state index contributed by atoms with van der Waals surface area (Å²) in [7, 11) is 1.70. The van der Waals surface area contributed by atoms with E-state index in [0.29, 0.717) is 6.61 Å². The lowest BCUT2D eigenvalue weighted by Crippen LogP contribution is -2.04. The lowest BCUT2D eigenvalue weighted by molar-refractivity contribution is 0.201. The summed E-state index contributed by atoms with van der Waals surface area (Å²) in [6.07, 6.45) is 0. The van der Waals surface area contributed by atoms with E-state index in [9.17, 15) is 0 Å². The van der Waals surface area contributed by atoms with E-state index in [2.05, 4.69) is 66.9 Å². The summed E-state index contributed by atoms with van der Waals surface area (Å²) in [5, 5.41) is 10.1. The predicted molar refractivity (Wildman–Crippen MR) is 122 cm³/mol. The van der Waals surface area contributed by atoms with Crippen LogP contribution in [0.25, 0.3) is 22.2 Å². The van der Waals surface area contributed by atoms with Gasteiger partial charge in [-0.3, -0.25) is 0 Å². The van der Waals surface area contributed by atoms with E-state index in [1.807, 2.05) is 18.2 Å². The van der Waals surface area contributed by atoms with Crippen molar-refractivity contribution < 1.29 is 14.6 Å². The third kappa shape index (κ3) is 3.91. The molecule has 0 atom stereocenters. The molecule has 1 N–H and O–H groups in total. The highest BCUT2D eigenvalue weighted by atomic mass is 16.5. The molecule has 4 aromatic rings. The first-order valence-corrected chi connectivity index (χ1v) is 10.2. The van der Waals surface area contributed by atoms with Gasteiger partial charge in [0.05, 0.1) is 19.4 Å². The highest BCUT2D eigenvalue weighted by Crippen LogP contribution is 2.36. The monoisotopic (exact) mass is 401 g/mol. The maximum atomic E-state index is 8.94. The summed E-state index contributed by atoms with van der Waals surface area (Å²) >= 11 is 0. The van der Waals surface area contributed by atoms with Crippen molar-refractivity contribution in [2.75, 3.05) is 20.3 Å². The Balaban J connectivity index is 1.80. The average Bonchev–Trinajstić information content (AvgIpc) is 3.04. The van der Waals surface area contributed by atoms with E-state index in [1.54, 1.807) is 7.11 Å². The molecule has 4 rings (SSSR count). The number of benzene rings is 3. The van der Waals surface area contributed by atoms with Crippen LogP contribution in [0, 0.1) is 13.8 Å². The molecule has 1 heterocycles. The number of aliphatic hydroxyl groups excluding tert-OH is 1. The lowest BCUT2D eigenvalue weighted by atomic mass is 10.0. The highest BCUT2D eigenvalue weighted by molar-refractivity contribution is 5.92. The van der Waals surface area contributed by atoms with Gasteiger partial charge in [-0.25, -0.2) is 0 Å². The van der Waals surface area contributed by atoms with Crippen molar-refractivity contribution in [3.8, 4) is 22.8 Å². The largest absolute Gasteiger partial charge is 0.497 e. The number of rotatable bonds is 7. The Morgan fingerprint density at radius 2 is 1.57 bits per heavy atom. The third-order valence-corrected chi connectivity index (χ3v) is 5.47. The molecule has 0 saturated carbocycles. The van der Waals surface area contributed by atoms with E-state index in [0.717, 1.165) is 18.0 Å². The smallest absolute Gasteiger partial charge is 0.119 e. The number of methoxy groups -OCH3 is 1. The number of hydrogen-bond donors (Lipinski definition) is 1. The van der Waals surface area contributed by atoms with Gasteiger partial charge in [0.15, 0.2) is 0 Å². The molecule has 0 amide bonds. The van der Waals surface area contributed by atoms with Gasteiger partial charge >= 0.3 is 0 Å². The van der Waals surface area contributed by atoms with E-state index in [4.69, 9.17) is 14.6 Å². The van der Waals surface area contributed by atoms with Gasteiger partial charge in [-0.15, -0.1) is 0 Å². The van der Waals surface area contributed by atoms with Gasteiger partial charge in [0, 0.05) is 17.4 Å². The first kappa shape index (κ1) is 20.0. The quantitative estimate of drug-likeness (QED) is 0.454. The summed E-state index contributed by atoms with van der Waals surface area (Å²) in [4.78, 5) is 0. The van der Waals surface area contributed by atoms with Gasteiger partial charge in [0.2, 0.25) is 0 Å². The van der Waals surface area contributed by atoms with Crippen molar-refractivity contribution >= 4 is 10.9 Å². The molecule has 0 saturated heterocycles. The Labute approximate surface area is 177 Å². The zero-order valence-corrected chi connectivity index (χ0v) is 17.7. The van der Waals surface area contributed by atoms with Crippen LogP contribution < -0.4 is 9.47 Å². The molecule has 0 spiro atoms. The van der Waals surface area contributed by atoms with Crippen LogP contribution in [-0.2, 0) is 6.54 Å². The second-order valence-corrected chi connectivity index (χ2v) is 7.52. The van der Waals surface area contributed by atoms with Crippen LogP contribution in [0.2, 0.25) is 0 Å². The van der Waals surface area contributed by atoms with Gasteiger partial charge in [-0.1, -0.05) is 42.0 Å². The van der Waals surface area contributed by atoms with E-state index in [1.165, 1.54) is 38.9 Å². The fraction of sp³-hybridized carbons (Fsp3) is 0.231. The molecule has 154 valence electrons. The van der Waals surface area contributed by atoms with Crippen molar-refractivity contribution in [1.29, 1.82) is 0 Å². The minimum atomic E-state index is 0.0136. The number of fused-ring (bicyclic) bond motifs is 1. The van der Waals surface area contributed by atoms with Crippen LogP contribution in [0.1, 0.15) is 16.7 Å². The third-order valence-electron chi connectivity index (χ3n) is 5.47. The van der Waals surface area contributed by atoms with Crippen LogP contribution in [0.5, 0.6) is 11.5 Å². The van der Waals surface area contributed by atoms with Crippen LogP contribution in [0.3, 0.4) is 0 Å². The normalized spacial score (nSPS) is 11.1. The molecule has 0 aliphatic carbocycles. The van der Waals surface area contributed by atoms with E-state index in [-0.39, 0.29) is 6.61 Å². The number of aromatic nitrogens is 1. The molecule has 0 fully saturated rings. The summed E-state index contributed by atoms with van der Waals surface area (Å²) in [6.45, 7) is 5.36. The van der Waals surface area contributed by atoms with Crippen molar-refractivity contribution in [2.24, 2.45) is 0 Å². The molecule has 1 aromatic heterocycles. The summed E-state index contributed by atoms with van der Waals surface area (Å²) < 4.78 is 13.3. The zero-order valence-electron chi connectivity index (χ0n) is 17.7. The van der Waals surface area contributed by atoms with Gasteiger partial charge in [-0.2, -0.15) is 0 Å². The molecule has 0 bridgehead atoms. The number of aryl methyl sites for hydroxylation is 2. The molecular formula is C26H27NO3. The summed E-state index contributed by atoms with van der Waals surface area (Å²) in [6, 6.07) is 23.0. The second kappa shape index (κ2) is 8.64. The Kier molecular flexibility index (Phi) is 5.77. The minimum Gasteiger partial charge on any atom is -0.497 e. The number of nitrogens with zero attached hydrogens (tertiary/aromatic N) is 1. The van der Waals surface area contributed by atoms with Crippen molar-refractivity contribution in [2.45, 2.75) is 20.4 Å². The second-order valence-electron chi connectivity index (χ2n) is 7.52. The van der Waals surface area contributed by atoms with Crippen LogP contribution >= 0.6 is 0 Å². The molecule has 0 unspecified atom stereocenters. The maximum absolute atomic E-state index is 8.94. The average molecular weight is 402 g/mol. The van der Waals surface area contributed by atoms with Gasteiger partial charge < -0.3 is 19.1 Å². The molecule has 4 nitrogen and oxygen atoms in total. The van der Waals surface area contributed by atoms with Gasteiger partial charge in [-0.05, 0) is 60.9 Å². The minimum absolute atomic E-state index is 0.0136. The first-order chi connectivity index (χ1) is 14.6. The standard InChI is InChI=1S/C26H27NO3/c1-18-4-8-21(9-5-18)26-19(2)24-16-23(29-3)12-13-25(24)27(26)17-20-6-10-22(11-7-20)30-15-14-28/h4-13,16,28H,14-15,17H2,1-3H3. The zero-order chi connectivity index (χ0) is 21.1. The number of ether oxygens (including phenoxy) is 2. The predicted octanol–water partition coefficient (Wildman–Crippen LogP) is 5.35. The fourth-order valence-corrected chi connectivity index (χ4v) is 3.91. The van der Waals surface area contributed by atoms with E-state index < -0.39 is 0 Å². The molecule has 0 radical (unpaired) electrons. The van der Waals surface area contributed by atoms with Crippen molar-refractivity contribution in [3.05, 3.63) is 83.4 Å². The van der Waals surface area contributed by atoms with Crippen LogP contribution in [0.15, 0.2) is 66.7 Å². The summed E-state index contributed by atoms with van der Waals surface area (Å²) in [5.74, 6) is 1.63. The Bertz CT molecular complexity index is 1140.